The minimum absolute atomic E-state index is 0.115. The van der Waals surface area contributed by atoms with E-state index in [1.165, 1.54) is 16.2 Å². The van der Waals surface area contributed by atoms with Crippen LogP contribution < -0.4 is 5.73 Å². The molecule has 6 nitrogen and oxygen atoms in total. The molecule has 106 valence electrons. The molecule has 3 N–H and O–H groups in total. The molecule has 0 aliphatic carbocycles. The molecule has 0 radical (unpaired) electrons. The predicted molar refractivity (Wildman–Crippen MR) is 73.1 cm³/mol. The third-order valence-electron chi connectivity index (χ3n) is 2.88. The van der Waals surface area contributed by atoms with Crippen molar-refractivity contribution >= 4 is 23.2 Å². The van der Waals surface area contributed by atoms with Crippen LogP contribution in [0.4, 0.5) is 0 Å². The quantitative estimate of drug-likeness (QED) is 0.714. The lowest BCUT2D eigenvalue weighted by atomic mass is 10.1. The van der Waals surface area contributed by atoms with Crippen molar-refractivity contribution in [2.45, 2.75) is 6.04 Å². The Hall–Kier alpha value is -1.88. The molecule has 1 saturated heterocycles. The molecular formula is C13H14N2O4S. The third kappa shape index (κ3) is 2.99. The number of amides is 2. The van der Waals surface area contributed by atoms with Gasteiger partial charge in [0.2, 0.25) is 5.91 Å². The van der Waals surface area contributed by atoms with E-state index < -0.39 is 11.9 Å². The molecule has 1 aromatic rings. The van der Waals surface area contributed by atoms with Gasteiger partial charge in [-0.25, -0.2) is 0 Å². The van der Waals surface area contributed by atoms with Crippen LogP contribution in [0.25, 0.3) is 0 Å². The van der Waals surface area contributed by atoms with Gasteiger partial charge >= 0.3 is 0 Å². The molecule has 0 aromatic carbocycles. The number of nitrogens with two attached hydrogens (primary N) is 1. The van der Waals surface area contributed by atoms with Crippen LogP contribution in [0, 0.1) is 11.8 Å². The monoisotopic (exact) mass is 294 g/mol. The molecule has 1 aliphatic rings. The summed E-state index contributed by atoms with van der Waals surface area (Å²) >= 11 is 1.25. The van der Waals surface area contributed by atoms with Crippen molar-refractivity contribution in [1.29, 1.82) is 0 Å². The van der Waals surface area contributed by atoms with Gasteiger partial charge in [0.25, 0.3) is 5.91 Å². The van der Waals surface area contributed by atoms with Gasteiger partial charge < -0.3 is 20.5 Å². The van der Waals surface area contributed by atoms with Crippen LogP contribution in [0.5, 0.6) is 0 Å². The van der Waals surface area contributed by atoms with Crippen LogP contribution >= 0.6 is 11.3 Å². The number of aliphatic hydroxyl groups excluding tert-OH is 1. The SMILES string of the molecule is NC(=O)C1COCCN1C(=O)c1sccc1C#CCO. The van der Waals surface area contributed by atoms with Crippen LogP contribution in [0.1, 0.15) is 15.2 Å². The topological polar surface area (TPSA) is 92.9 Å². The average Bonchev–Trinajstić information content (AvgIpc) is 2.92. The van der Waals surface area contributed by atoms with Crippen molar-refractivity contribution in [3.63, 3.8) is 0 Å². The largest absolute Gasteiger partial charge is 0.384 e. The smallest absolute Gasteiger partial charge is 0.266 e. The van der Waals surface area contributed by atoms with Gasteiger partial charge in [-0.05, 0) is 11.4 Å². The highest BCUT2D eigenvalue weighted by Gasteiger charge is 2.33. The first-order valence-corrected chi connectivity index (χ1v) is 6.88. The zero-order valence-electron chi connectivity index (χ0n) is 10.7. The first-order chi connectivity index (χ1) is 9.65. The van der Waals surface area contributed by atoms with E-state index in [9.17, 15) is 9.59 Å². The lowest BCUT2D eigenvalue weighted by molar-refractivity contribution is -0.127. The lowest BCUT2D eigenvalue weighted by Gasteiger charge is -2.33. The normalized spacial score (nSPS) is 18.2. The Bertz CT molecular complexity index is 572. The minimum Gasteiger partial charge on any atom is -0.384 e. The first kappa shape index (κ1) is 14.5. The van der Waals surface area contributed by atoms with E-state index in [1.807, 2.05) is 0 Å². The van der Waals surface area contributed by atoms with Crippen molar-refractivity contribution in [2.75, 3.05) is 26.4 Å². The number of hydrogen-bond acceptors (Lipinski definition) is 5. The minimum atomic E-state index is -0.753. The van der Waals surface area contributed by atoms with Gasteiger partial charge in [-0.2, -0.15) is 0 Å². The Balaban J connectivity index is 2.26. The summed E-state index contributed by atoms with van der Waals surface area (Å²) in [6.45, 7) is 0.533. The van der Waals surface area contributed by atoms with Gasteiger partial charge in [0.1, 0.15) is 17.5 Å². The Kier molecular flexibility index (Phi) is 4.74. The molecule has 7 heteroatoms. The van der Waals surface area contributed by atoms with Crippen LogP contribution in [0.2, 0.25) is 0 Å². The number of morpholine rings is 1. The van der Waals surface area contributed by atoms with Crippen LogP contribution in [0.3, 0.4) is 0 Å². The Morgan fingerprint density at radius 3 is 3.10 bits per heavy atom. The van der Waals surface area contributed by atoms with E-state index in [1.54, 1.807) is 11.4 Å². The van der Waals surface area contributed by atoms with Crippen LogP contribution in [-0.4, -0.2) is 54.2 Å². The number of carbonyl (C=O) groups is 2. The summed E-state index contributed by atoms with van der Waals surface area (Å²) in [7, 11) is 0. The van der Waals surface area contributed by atoms with E-state index in [0.29, 0.717) is 23.6 Å². The third-order valence-corrected chi connectivity index (χ3v) is 3.78. The number of hydrogen-bond donors (Lipinski definition) is 2. The van der Waals surface area contributed by atoms with Crippen molar-refractivity contribution in [2.24, 2.45) is 5.73 Å². The molecule has 1 unspecified atom stereocenters. The maximum Gasteiger partial charge on any atom is 0.266 e. The Labute approximate surface area is 120 Å². The molecule has 1 aromatic heterocycles. The fourth-order valence-electron chi connectivity index (χ4n) is 1.92. The molecule has 2 rings (SSSR count). The van der Waals surface area contributed by atoms with E-state index >= 15 is 0 Å². The number of primary amides is 1. The average molecular weight is 294 g/mol. The van der Waals surface area contributed by atoms with Gasteiger partial charge in [-0.3, -0.25) is 9.59 Å². The summed E-state index contributed by atoms with van der Waals surface area (Å²) in [5.74, 6) is 4.36. The van der Waals surface area contributed by atoms with Crippen molar-refractivity contribution < 1.29 is 19.4 Å². The molecule has 2 heterocycles. The number of ether oxygens (including phenoxy) is 1. The Morgan fingerprint density at radius 1 is 1.60 bits per heavy atom. The summed E-state index contributed by atoms with van der Waals surface area (Å²) in [6, 6.07) is 0.956. The predicted octanol–water partition coefficient (Wildman–Crippen LogP) is -0.582. The summed E-state index contributed by atoms with van der Waals surface area (Å²) in [5, 5.41) is 10.5. The number of thiophene rings is 1. The van der Waals surface area contributed by atoms with Gasteiger partial charge in [-0.1, -0.05) is 11.8 Å². The highest BCUT2D eigenvalue weighted by atomic mass is 32.1. The molecule has 1 atom stereocenters. The van der Waals surface area contributed by atoms with Gasteiger partial charge in [0.05, 0.1) is 13.2 Å². The van der Waals surface area contributed by atoms with E-state index in [0.717, 1.165) is 0 Å². The summed E-state index contributed by atoms with van der Waals surface area (Å²) < 4.78 is 5.18. The number of nitrogens with zero attached hydrogens (tertiary/aromatic N) is 1. The maximum absolute atomic E-state index is 12.5. The Morgan fingerprint density at radius 2 is 2.40 bits per heavy atom. The zero-order chi connectivity index (χ0) is 14.5. The molecular weight excluding hydrogens is 280 g/mol. The molecule has 2 amide bonds. The zero-order valence-corrected chi connectivity index (χ0v) is 11.5. The second-order valence-corrected chi connectivity index (χ2v) is 5.03. The highest BCUT2D eigenvalue weighted by molar-refractivity contribution is 7.12. The molecule has 0 bridgehead atoms. The van der Waals surface area contributed by atoms with Crippen molar-refractivity contribution in [3.05, 3.63) is 21.9 Å². The second kappa shape index (κ2) is 6.52. The summed E-state index contributed by atoms with van der Waals surface area (Å²) in [4.78, 5) is 25.8. The van der Waals surface area contributed by atoms with Gasteiger partial charge in [-0.15, -0.1) is 11.3 Å². The molecule has 1 aliphatic heterocycles. The van der Waals surface area contributed by atoms with Crippen molar-refractivity contribution in [1.82, 2.24) is 4.90 Å². The first-order valence-electron chi connectivity index (χ1n) is 6.00. The highest BCUT2D eigenvalue weighted by Crippen LogP contribution is 2.20. The molecule has 20 heavy (non-hydrogen) atoms. The van der Waals surface area contributed by atoms with Crippen LogP contribution in [-0.2, 0) is 9.53 Å². The van der Waals surface area contributed by atoms with E-state index in [4.69, 9.17) is 15.6 Å². The fourth-order valence-corrected chi connectivity index (χ4v) is 2.73. The molecule has 1 fully saturated rings. The molecule has 0 spiro atoms. The van der Waals surface area contributed by atoms with Crippen molar-refractivity contribution in [3.8, 4) is 11.8 Å². The standard InChI is InChI=1S/C13H14N2O4S/c14-12(17)10-8-19-6-4-15(10)13(18)11-9(2-1-5-16)3-7-20-11/h3,7,10,16H,4-6,8H2,(H2,14,17). The van der Waals surface area contributed by atoms with Gasteiger partial charge in [0, 0.05) is 12.1 Å². The number of carbonyl (C=O) groups excluding carboxylic acids is 2. The lowest BCUT2D eigenvalue weighted by Crippen LogP contribution is -2.54. The fraction of sp³-hybridized carbons (Fsp3) is 0.385. The number of aliphatic hydroxyl groups is 1. The van der Waals surface area contributed by atoms with Crippen LogP contribution in [0.15, 0.2) is 11.4 Å². The second-order valence-electron chi connectivity index (χ2n) is 4.11. The summed E-state index contributed by atoms with van der Waals surface area (Å²) in [5.41, 5.74) is 5.84. The van der Waals surface area contributed by atoms with Gasteiger partial charge in [0.15, 0.2) is 0 Å². The van der Waals surface area contributed by atoms with E-state index in [2.05, 4.69) is 11.8 Å². The number of rotatable bonds is 2. The maximum atomic E-state index is 12.5. The summed E-state index contributed by atoms with van der Waals surface area (Å²) in [6.07, 6.45) is 0. The van der Waals surface area contributed by atoms with E-state index in [-0.39, 0.29) is 19.1 Å². The molecule has 0 saturated carbocycles.